The molecule has 0 saturated heterocycles. The maximum atomic E-state index is 12.8. The number of amides is 1. The number of ether oxygens (including phenoxy) is 2. The van der Waals surface area contributed by atoms with Crippen molar-refractivity contribution < 1.29 is 23.9 Å². The maximum Gasteiger partial charge on any atom is 0.339 e. The highest BCUT2D eigenvalue weighted by Gasteiger charge is 2.23. The van der Waals surface area contributed by atoms with E-state index in [4.69, 9.17) is 9.47 Å². The Morgan fingerprint density at radius 2 is 1.45 bits per heavy atom. The van der Waals surface area contributed by atoms with E-state index in [0.29, 0.717) is 23.6 Å². The number of anilines is 1. The highest BCUT2D eigenvalue weighted by molar-refractivity contribution is 6.14. The number of carbonyl (C=O) groups excluding carboxylic acids is 3. The third kappa shape index (κ3) is 5.57. The summed E-state index contributed by atoms with van der Waals surface area (Å²) in [5.41, 5.74) is 1.34. The molecule has 6 heteroatoms. The van der Waals surface area contributed by atoms with E-state index in [2.05, 4.69) is 5.32 Å². The molecule has 3 rings (SSSR count). The first-order valence-electron chi connectivity index (χ1n) is 9.93. The number of nitrogens with one attached hydrogen (secondary N) is 1. The third-order valence-corrected chi connectivity index (χ3v) is 4.51. The molecule has 0 aromatic heterocycles. The second-order valence-corrected chi connectivity index (χ2v) is 6.73. The van der Waals surface area contributed by atoms with E-state index in [1.54, 1.807) is 66.7 Å². The molecule has 1 amide bonds. The Balaban J connectivity index is 1.68. The average molecular weight is 417 g/mol. The highest BCUT2D eigenvalue weighted by atomic mass is 16.5. The molecule has 0 aliphatic rings. The van der Waals surface area contributed by atoms with Gasteiger partial charge in [0.15, 0.2) is 11.9 Å². The Bertz CT molecular complexity index is 1060. The largest absolute Gasteiger partial charge is 0.494 e. The molecule has 0 aliphatic carbocycles. The van der Waals surface area contributed by atoms with Crippen molar-refractivity contribution in [2.45, 2.75) is 20.0 Å². The predicted octanol–water partition coefficient (Wildman–Crippen LogP) is 4.50. The van der Waals surface area contributed by atoms with Gasteiger partial charge in [-0.1, -0.05) is 48.5 Å². The first-order chi connectivity index (χ1) is 15.0. The Labute approximate surface area is 180 Å². The van der Waals surface area contributed by atoms with Crippen LogP contribution in [-0.2, 0) is 9.53 Å². The van der Waals surface area contributed by atoms with Crippen molar-refractivity contribution in [3.63, 3.8) is 0 Å². The lowest BCUT2D eigenvalue weighted by Crippen LogP contribution is -2.30. The zero-order valence-corrected chi connectivity index (χ0v) is 17.3. The van der Waals surface area contributed by atoms with Crippen LogP contribution in [0.1, 0.15) is 40.1 Å². The van der Waals surface area contributed by atoms with Crippen molar-refractivity contribution in [3.05, 3.63) is 95.6 Å². The molecule has 0 heterocycles. The SMILES string of the molecule is CCOc1ccc(NC(=O)C(C)OC(=O)c2ccccc2C(=O)c2ccccc2)cc1. The first kappa shape index (κ1) is 21.8. The Kier molecular flexibility index (Phi) is 7.17. The minimum absolute atomic E-state index is 0.108. The number of carbonyl (C=O) groups is 3. The molecule has 3 aromatic rings. The van der Waals surface area contributed by atoms with Crippen LogP contribution in [-0.4, -0.2) is 30.4 Å². The van der Waals surface area contributed by atoms with Crippen molar-refractivity contribution in [3.8, 4) is 5.75 Å². The number of esters is 1. The second-order valence-electron chi connectivity index (χ2n) is 6.73. The van der Waals surface area contributed by atoms with Crippen LogP contribution in [0.4, 0.5) is 5.69 Å². The van der Waals surface area contributed by atoms with Gasteiger partial charge in [-0.25, -0.2) is 4.79 Å². The summed E-state index contributed by atoms with van der Waals surface area (Å²) in [5.74, 6) is -0.821. The molecule has 3 aromatic carbocycles. The summed E-state index contributed by atoms with van der Waals surface area (Å²) in [7, 11) is 0. The van der Waals surface area contributed by atoms with Gasteiger partial charge < -0.3 is 14.8 Å². The Morgan fingerprint density at radius 1 is 0.839 bits per heavy atom. The zero-order valence-electron chi connectivity index (χ0n) is 17.3. The molecule has 158 valence electrons. The number of rotatable bonds is 8. The minimum atomic E-state index is -1.06. The normalized spacial score (nSPS) is 11.3. The van der Waals surface area contributed by atoms with Crippen LogP contribution in [0.15, 0.2) is 78.9 Å². The van der Waals surface area contributed by atoms with Crippen molar-refractivity contribution in [1.29, 1.82) is 0 Å². The van der Waals surface area contributed by atoms with Gasteiger partial charge in [-0.3, -0.25) is 9.59 Å². The molecule has 1 unspecified atom stereocenters. The molecule has 0 aliphatic heterocycles. The maximum absolute atomic E-state index is 12.8. The smallest absolute Gasteiger partial charge is 0.339 e. The van der Waals surface area contributed by atoms with E-state index >= 15 is 0 Å². The first-order valence-corrected chi connectivity index (χ1v) is 9.93. The van der Waals surface area contributed by atoms with Gasteiger partial charge in [-0.2, -0.15) is 0 Å². The van der Waals surface area contributed by atoms with E-state index in [-0.39, 0.29) is 16.9 Å². The lowest BCUT2D eigenvalue weighted by molar-refractivity contribution is -0.123. The third-order valence-electron chi connectivity index (χ3n) is 4.51. The molecule has 0 bridgehead atoms. The van der Waals surface area contributed by atoms with Gasteiger partial charge in [0.25, 0.3) is 5.91 Å². The average Bonchev–Trinajstić information content (AvgIpc) is 2.80. The van der Waals surface area contributed by atoms with Crippen LogP contribution in [0, 0.1) is 0 Å². The zero-order chi connectivity index (χ0) is 22.2. The molecule has 0 fully saturated rings. The van der Waals surface area contributed by atoms with Crippen LogP contribution in [0.3, 0.4) is 0 Å². The number of hydrogen-bond acceptors (Lipinski definition) is 5. The van der Waals surface area contributed by atoms with Gasteiger partial charge in [0.1, 0.15) is 5.75 Å². The summed E-state index contributed by atoms with van der Waals surface area (Å²) in [6.07, 6.45) is -1.06. The molecule has 6 nitrogen and oxygen atoms in total. The summed E-state index contributed by atoms with van der Waals surface area (Å²) >= 11 is 0. The summed E-state index contributed by atoms with van der Waals surface area (Å²) in [6.45, 7) is 3.91. The molecule has 0 saturated carbocycles. The number of hydrogen-bond donors (Lipinski definition) is 1. The van der Waals surface area contributed by atoms with Crippen molar-refractivity contribution >= 4 is 23.3 Å². The van der Waals surface area contributed by atoms with Gasteiger partial charge in [0, 0.05) is 16.8 Å². The van der Waals surface area contributed by atoms with E-state index in [0.717, 1.165) is 0 Å². The topological polar surface area (TPSA) is 81.7 Å². The molecule has 31 heavy (non-hydrogen) atoms. The van der Waals surface area contributed by atoms with Gasteiger partial charge in [-0.15, -0.1) is 0 Å². The molecule has 1 N–H and O–H groups in total. The lowest BCUT2D eigenvalue weighted by atomic mass is 9.98. The standard InChI is InChI=1S/C25H23NO5/c1-3-30-20-15-13-19(14-16-20)26-24(28)17(2)31-25(29)22-12-8-7-11-21(22)23(27)18-9-5-4-6-10-18/h4-17H,3H2,1-2H3,(H,26,28). The van der Waals surface area contributed by atoms with E-state index in [1.807, 2.05) is 13.0 Å². The van der Waals surface area contributed by atoms with Gasteiger partial charge >= 0.3 is 5.97 Å². The minimum Gasteiger partial charge on any atom is -0.494 e. The van der Waals surface area contributed by atoms with Crippen molar-refractivity contribution in [2.24, 2.45) is 0 Å². The molecule has 0 radical (unpaired) electrons. The van der Waals surface area contributed by atoms with Crippen LogP contribution in [0.5, 0.6) is 5.75 Å². The molecular weight excluding hydrogens is 394 g/mol. The number of benzene rings is 3. The van der Waals surface area contributed by atoms with Crippen LogP contribution < -0.4 is 10.1 Å². The van der Waals surface area contributed by atoms with Gasteiger partial charge in [0.2, 0.25) is 0 Å². The lowest BCUT2D eigenvalue weighted by Gasteiger charge is -2.15. The van der Waals surface area contributed by atoms with Gasteiger partial charge in [0.05, 0.1) is 12.2 Å². The number of ketones is 1. The molecule has 0 spiro atoms. The van der Waals surface area contributed by atoms with Gasteiger partial charge in [-0.05, 0) is 44.2 Å². The highest BCUT2D eigenvalue weighted by Crippen LogP contribution is 2.18. The summed E-state index contributed by atoms with van der Waals surface area (Å²) in [6, 6.07) is 21.9. The fraction of sp³-hybridized carbons (Fsp3) is 0.160. The van der Waals surface area contributed by atoms with E-state index in [1.165, 1.54) is 13.0 Å². The Hall–Kier alpha value is -3.93. The fourth-order valence-electron chi connectivity index (χ4n) is 2.93. The Morgan fingerprint density at radius 3 is 2.10 bits per heavy atom. The fourth-order valence-corrected chi connectivity index (χ4v) is 2.93. The van der Waals surface area contributed by atoms with E-state index in [9.17, 15) is 14.4 Å². The molecular formula is C25H23NO5. The summed E-state index contributed by atoms with van der Waals surface area (Å²) in [5, 5.41) is 2.69. The molecule has 1 atom stereocenters. The summed E-state index contributed by atoms with van der Waals surface area (Å²) in [4.78, 5) is 38.0. The van der Waals surface area contributed by atoms with Crippen molar-refractivity contribution in [1.82, 2.24) is 0 Å². The van der Waals surface area contributed by atoms with Crippen LogP contribution in [0.2, 0.25) is 0 Å². The van der Waals surface area contributed by atoms with E-state index < -0.39 is 18.0 Å². The summed E-state index contributed by atoms with van der Waals surface area (Å²) < 4.78 is 10.7. The predicted molar refractivity (Wildman–Crippen MR) is 117 cm³/mol. The monoisotopic (exact) mass is 417 g/mol. The van der Waals surface area contributed by atoms with Crippen LogP contribution >= 0.6 is 0 Å². The quantitative estimate of drug-likeness (QED) is 0.431. The van der Waals surface area contributed by atoms with Crippen LogP contribution in [0.25, 0.3) is 0 Å². The van der Waals surface area contributed by atoms with Crippen molar-refractivity contribution in [2.75, 3.05) is 11.9 Å². The second kappa shape index (κ2) is 10.2.